The Hall–Kier alpha value is -2.09. The molecular formula is C49H77ClIN5O13. The van der Waals surface area contributed by atoms with Crippen LogP contribution in [0.25, 0.3) is 10.9 Å². The van der Waals surface area contributed by atoms with Gasteiger partial charge in [-0.25, -0.2) is 0 Å². The Morgan fingerprint density at radius 1 is 1.03 bits per heavy atom. The number of nitrogens with one attached hydrogen (secondary N) is 2. The molecule has 0 aliphatic carbocycles. The number of pyridine rings is 1. The van der Waals surface area contributed by atoms with Crippen LogP contribution in [0.2, 0.25) is 5.02 Å². The fraction of sp³-hybridized carbons (Fsp3) is 0.776. The predicted molar refractivity (Wildman–Crippen MR) is 268 cm³/mol. The second-order valence-corrected chi connectivity index (χ2v) is 22.5. The minimum Gasteiger partial charge on any atom is -0.448 e. The Balaban J connectivity index is 1.39. The van der Waals surface area contributed by atoms with Crippen LogP contribution in [0.15, 0.2) is 30.5 Å². The van der Waals surface area contributed by atoms with Gasteiger partial charge in [0.1, 0.15) is 23.9 Å². The van der Waals surface area contributed by atoms with E-state index < -0.39 is 106 Å². The quantitative estimate of drug-likeness (QED) is 0.112. The maximum Gasteiger partial charge on any atom is 0.312 e. The number of benzene rings is 1. The number of amides is 1. The number of hydrogen-bond acceptors (Lipinski definition) is 17. The van der Waals surface area contributed by atoms with Gasteiger partial charge >= 0.3 is 5.97 Å². The Bertz CT molecular complexity index is 2060. The number of aliphatic hydroxyl groups excluding tert-OH is 2. The summed E-state index contributed by atoms with van der Waals surface area (Å²) < 4.78 is 44.7. The molecule has 4 fully saturated rings. The largest absolute Gasteiger partial charge is 0.448 e. The lowest BCUT2D eigenvalue weighted by molar-refractivity contribution is -0.319. The maximum atomic E-state index is 14.4. The fourth-order valence-corrected chi connectivity index (χ4v) is 11.5. The number of methoxy groups -OCH3 is 1. The van der Waals surface area contributed by atoms with Crippen LogP contribution >= 0.6 is 34.2 Å². The van der Waals surface area contributed by atoms with E-state index in [1.807, 2.05) is 68.5 Å². The number of anilines is 1. The lowest BCUT2D eigenvalue weighted by Gasteiger charge is -2.48. The zero-order valence-corrected chi connectivity index (χ0v) is 45.0. The molecule has 2 unspecified atom stereocenters. The minimum atomic E-state index is -1.92. The molecule has 18 nitrogen and oxygen atoms in total. The van der Waals surface area contributed by atoms with Gasteiger partial charge in [0.2, 0.25) is 5.91 Å². The summed E-state index contributed by atoms with van der Waals surface area (Å²) in [6.07, 6.45) is -5.97. The third-order valence-corrected chi connectivity index (χ3v) is 16.9. The molecule has 0 saturated carbocycles. The van der Waals surface area contributed by atoms with Gasteiger partial charge in [0, 0.05) is 72.8 Å². The Labute approximate surface area is 425 Å². The highest BCUT2D eigenvalue weighted by Crippen LogP contribution is 2.43. The molecule has 1 aromatic heterocycles. The van der Waals surface area contributed by atoms with Gasteiger partial charge in [0.15, 0.2) is 16.7 Å². The number of cyclic esters (lactones) is 1. The van der Waals surface area contributed by atoms with E-state index in [0.29, 0.717) is 23.4 Å². The number of halogens is 2. The van der Waals surface area contributed by atoms with E-state index in [2.05, 4.69) is 20.5 Å². The summed E-state index contributed by atoms with van der Waals surface area (Å²) >= 11 is 8.04. The van der Waals surface area contributed by atoms with Gasteiger partial charge in [-0.3, -0.25) is 14.6 Å². The Morgan fingerprint density at radius 2 is 1.74 bits per heavy atom. The molecule has 2 aromatic rings. The third-order valence-electron chi connectivity index (χ3n) is 15.2. The molecule has 1 amide bonds. The maximum absolute atomic E-state index is 14.4. The van der Waals surface area contributed by atoms with Gasteiger partial charge < -0.3 is 74.0 Å². The van der Waals surface area contributed by atoms with Crippen molar-refractivity contribution in [2.75, 3.05) is 53.2 Å². The highest BCUT2D eigenvalue weighted by molar-refractivity contribution is 14.1. The van der Waals surface area contributed by atoms with Crippen molar-refractivity contribution < 1.29 is 63.2 Å². The summed E-state index contributed by atoms with van der Waals surface area (Å²) in [7, 11) is 7.28. The molecule has 5 heterocycles. The molecule has 4 saturated heterocycles. The third kappa shape index (κ3) is 12.8. The van der Waals surface area contributed by atoms with Gasteiger partial charge in [-0.2, -0.15) is 0 Å². The number of alkyl halides is 1. The SMILES string of the molecule is CO[C@]1(C)CC(O[C@H]2[C@H](C)[C@H]3O[C@@H]4O[C@H](C)C[C@H](N(C)C)[C@H]4OC(CCNC(=O)CNc4ccnc5cc(Cl)ccc45)[C@@H](CN(C)[C@H](C)[C@@H](O)[C@](C)(O)[C@@H](I)OC(=O)[C@@H]2C)C[C@@]3(C)O)O[C@@H](C)[C@@H]1O. The van der Waals surface area contributed by atoms with Gasteiger partial charge in [0.25, 0.3) is 0 Å². The second-order valence-electron chi connectivity index (χ2n) is 20.9. The lowest BCUT2D eigenvalue weighted by Crippen LogP contribution is -2.60. The highest BCUT2D eigenvalue weighted by atomic mass is 127. The number of ether oxygens (including phenoxy) is 7. The Kier molecular flexibility index (Phi) is 18.7. The molecule has 390 valence electrons. The molecule has 4 aliphatic rings. The smallest absolute Gasteiger partial charge is 0.312 e. The van der Waals surface area contributed by atoms with Crippen LogP contribution in [0.3, 0.4) is 0 Å². The highest BCUT2D eigenvalue weighted by Gasteiger charge is 2.55. The average molecular weight is 1110 g/mol. The van der Waals surface area contributed by atoms with Crippen LogP contribution in [-0.2, 0) is 42.7 Å². The molecule has 69 heavy (non-hydrogen) atoms. The van der Waals surface area contributed by atoms with Crippen LogP contribution in [0.5, 0.6) is 0 Å². The number of nitrogens with zero attached hydrogens (tertiary/aromatic N) is 3. The average Bonchev–Trinajstić information content (AvgIpc) is 3.32. The van der Waals surface area contributed by atoms with Crippen molar-refractivity contribution in [1.29, 1.82) is 0 Å². The van der Waals surface area contributed by atoms with E-state index in [1.54, 1.807) is 59.0 Å². The van der Waals surface area contributed by atoms with Crippen LogP contribution in [0, 0.1) is 17.8 Å². The summed E-state index contributed by atoms with van der Waals surface area (Å²) in [4.78, 5) is 36.3. The Morgan fingerprint density at radius 3 is 2.42 bits per heavy atom. The van der Waals surface area contributed by atoms with E-state index in [9.17, 15) is 30.0 Å². The van der Waals surface area contributed by atoms with Crippen molar-refractivity contribution in [3.05, 3.63) is 35.5 Å². The number of fused-ring (bicyclic) bond motifs is 5. The molecule has 20 heteroatoms. The van der Waals surface area contributed by atoms with Gasteiger partial charge in [-0.15, -0.1) is 0 Å². The first-order valence-electron chi connectivity index (χ1n) is 24.2. The van der Waals surface area contributed by atoms with Crippen LogP contribution in [-0.4, -0.2) is 189 Å². The van der Waals surface area contributed by atoms with Crippen LogP contribution in [0.4, 0.5) is 5.69 Å². The molecule has 6 rings (SSSR count). The van der Waals surface area contributed by atoms with Gasteiger partial charge in [-0.05, 0) is 136 Å². The molecule has 1 aromatic carbocycles. The van der Waals surface area contributed by atoms with Crippen molar-refractivity contribution in [3.8, 4) is 0 Å². The first-order chi connectivity index (χ1) is 32.3. The van der Waals surface area contributed by atoms with Crippen molar-refractivity contribution in [1.82, 2.24) is 20.1 Å². The second kappa shape index (κ2) is 23.0. The molecule has 19 atom stereocenters. The summed E-state index contributed by atoms with van der Waals surface area (Å²) in [5.41, 5.74) is -3.21. The topological polar surface area (TPSA) is 223 Å². The molecule has 0 radical (unpaired) electrons. The molecule has 0 spiro atoms. The zero-order chi connectivity index (χ0) is 50.9. The first-order valence-corrected chi connectivity index (χ1v) is 25.8. The predicted octanol–water partition coefficient (Wildman–Crippen LogP) is 4.09. The number of aliphatic hydroxyl groups is 4. The number of carbonyl (C=O) groups excluding carboxylic acids is 2. The van der Waals surface area contributed by atoms with Crippen molar-refractivity contribution >= 4 is 62.7 Å². The lowest BCUT2D eigenvalue weighted by atomic mass is 9.76. The van der Waals surface area contributed by atoms with E-state index >= 15 is 0 Å². The number of rotatable bonds is 10. The number of carbonyl (C=O) groups is 2. The minimum absolute atomic E-state index is 0.0161. The monoisotopic (exact) mass is 1110 g/mol. The summed E-state index contributed by atoms with van der Waals surface area (Å²) in [5, 5.41) is 55.8. The molecule has 6 N–H and O–H groups in total. The standard InChI is InChI=1S/C49H77ClIN5O13/c1-25-19-35(55(9)10)40-45(64-25)68-43-26(2)39(67-38-22-48(7,63-12)42(59)29(5)65-38)27(3)44(60)69-46(51)49(8,62)41(58)28(4)56(11)24-30(21-47(43,6)61)36(66-40)16-18-53-37(57)23-54-33-15-17-52-34-20-31(50)13-14-32(33)34/h13-15,17,20,25-30,35-36,38-43,45-46,58-59,61-62H,16,18-19,21-24H2,1-12H3,(H,52,54)(H,53,57)/t25-,26+,27-,28-,29+,30-,35+,36?,38?,39+,40-,41-,42+,43-,45+,46+,47-,48-,49+/m1/s1. The van der Waals surface area contributed by atoms with Crippen molar-refractivity contribution in [2.24, 2.45) is 17.8 Å². The first kappa shape index (κ1) is 56.2. The molecule has 4 aliphatic heterocycles. The summed E-state index contributed by atoms with van der Waals surface area (Å²) in [6.45, 7) is 14.3. The normalized spacial score (nSPS) is 42.0. The van der Waals surface area contributed by atoms with Gasteiger partial charge in [0.05, 0.1) is 59.7 Å². The molecular weight excluding hydrogens is 1030 g/mol. The van der Waals surface area contributed by atoms with Crippen LogP contribution < -0.4 is 10.6 Å². The van der Waals surface area contributed by atoms with E-state index in [4.69, 9.17) is 44.8 Å². The van der Waals surface area contributed by atoms with Crippen molar-refractivity contribution in [3.63, 3.8) is 0 Å². The number of hydrogen-bond donors (Lipinski definition) is 6. The molecule has 2 bridgehead atoms. The summed E-state index contributed by atoms with van der Waals surface area (Å²) in [6, 6.07) is 6.30. The number of likely N-dealkylation sites (N-methyl/N-ethyl adjacent to an activating group) is 2. The van der Waals surface area contributed by atoms with Gasteiger partial charge in [-0.1, -0.05) is 18.5 Å². The van der Waals surface area contributed by atoms with E-state index in [0.717, 1.165) is 11.1 Å². The van der Waals surface area contributed by atoms with Crippen LogP contribution in [0.1, 0.15) is 81.1 Å². The summed E-state index contributed by atoms with van der Waals surface area (Å²) in [5.74, 6) is -3.27. The van der Waals surface area contributed by atoms with E-state index in [-0.39, 0.29) is 50.5 Å². The number of aromatic nitrogens is 1. The fourth-order valence-electron chi connectivity index (χ4n) is 10.7. The zero-order valence-electron chi connectivity index (χ0n) is 42.1. The van der Waals surface area contributed by atoms with E-state index in [1.165, 1.54) is 14.0 Å². The van der Waals surface area contributed by atoms with Crippen molar-refractivity contribution in [2.45, 2.75) is 175 Å². The number of esters is 1.